The van der Waals surface area contributed by atoms with Gasteiger partial charge in [0.05, 0.1) is 18.6 Å². The number of benzene rings is 2. The van der Waals surface area contributed by atoms with Crippen molar-refractivity contribution >= 4 is 11.7 Å². The van der Waals surface area contributed by atoms with E-state index in [1.165, 1.54) is 57.1 Å². The van der Waals surface area contributed by atoms with Crippen LogP contribution in [0.5, 0.6) is 17.2 Å². The molecule has 2 aromatic rings. The van der Waals surface area contributed by atoms with E-state index in [9.17, 15) is 14.9 Å². The van der Waals surface area contributed by atoms with Gasteiger partial charge in [-0.25, -0.2) is 4.79 Å². The number of carbonyl (C=O) groups excluding carboxylic acids is 1. The van der Waals surface area contributed by atoms with E-state index in [1.807, 2.05) is 0 Å². The van der Waals surface area contributed by atoms with Gasteiger partial charge in [-0.1, -0.05) is 58.3 Å². The van der Waals surface area contributed by atoms with Crippen LogP contribution in [0.3, 0.4) is 0 Å². The molecule has 1 heterocycles. The van der Waals surface area contributed by atoms with Gasteiger partial charge >= 0.3 is 5.97 Å². The van der Waals surface area contributed by atoms with Crippen LogP contribution in [0.15, 0.2) is 42.5 Å². The Morgan fingerprint density at radius 2 is 1.57 bits per heavy atom. The van der Waals surface area contributed by atoms with Gasteiger partial charge in [-0.3, -0.25) is 10.1 Å². The van der Waals surface area contributed by atoms with Crippen molar-refractivity contribution in [2.45, 2.75) is 76.9 Å². The van der Waals surface area contributed by atoms with E-state index >= 15 is 0 Å². The van der Waals surface area contributed by atoms with E-state index in [0.29, 0.717) is 29.4 Å². The molecule has 8 nitrogen and oxygen atoms in total. The first-order chi connectivity index (χ1) is 17.0. The summed E-state index contributed by atoms with van der Waals surface area (Å²) in [5.41, 5.74) is 0.417. The quantitative estimate of drug-likeness (QED) is 0.0663. The zero-order valence-corrected chi connectivity index (χ0v) is 20.6. The molecule has 2 atom stereocenters. The predicted molar refractivity (Wildman–Crippen MR) is 132 cm³/mol. The van der Waals surface area contributed by atoms with Crippen LogP contribution < -0.4 is 14.2 Å². The first-order valence-corrected chi connectivity index (χ1v) is 12.5. The van der Waals surface area contributed by atoms with Crippen LogP contribution in [-0.4, -0.2) is 30.7 Å². The third-order valence-electron chi connectivity index (χ3n) is 6.02. The topological polar surface area (TPSA) is 100 Å². The lowest BCUT2D eigenvalue weighted by molar-refractivity contribution is -0.385. The molecule has 1 aliphatic heterocycles. The van der Waals surface area contributed by atoms with Crippen molar-refractivity contribution in [3.8, 4) is 17.2 Å². The average Bonchev–Trinajstić information content (AvgIpc) is 3.67. The molecule has 35 heavy (non-hydrogen) atoms. The number of epoxide rings is 1. The van der Waals surface area contributed by atoms with Crippen LogP contribution in [0, 0.1) is 10.1 Å². The number of non-ortho nitro benzene ring substituents is 1. The third-order valence-corrected chi connectivity index (χ3v) is 6.02. The Kier molecular flexibility index (Phi) is 10.3. The number of esters is 1. The number of ether oxygens (including phenoxy) is 4. The highest BCUT2D eigenvalue weighted by atomic mass is 16.6. The number of nitro groups is 1. The third kappa shape index (κ3) is 8.24. The molecule has 1 saturated heterocycles. The van der Waals surface area contributed by atoms with Crippen molar-refractivity contribution in [2.24, 2.45) is 0 Å². The molecule has 3 rings (SSSR count). The summed E-state index contributed by atoms with van der Waals surface area (Å²) in [6.07, 6.45) is 9.39. The van der Waals surface area contributed by atoms with Gasteiger partial charge in [-0.2, -0.15) is 0 Å². The minimum Gasteiger partial charge on any atom is -0.497 e. The zero-order chi connectivity index (χ0) is 25.0. The lowest BCUT2D eigenvalue weighted by Crippen LogP contribution is -2.15. The minimum atomic E-state index is -0.839. The Hall–Kier alpha value is -3.13. The maximum Gasteiger partial charge on any atom is 0.343 e. The number of hydrogen-bond donors (Lipinski definition) is 0. The highest BCUT2D eigenvalue weighted by molar-refractivity contribution is 5.81. The molecule has 2 aromatic carbocycles. The predicted octanol–water partition coefficient (Wildman–Crippen LogP) is 6.56. The summed E-state index contributed by atoms with van der Waals surface area (Å²) < 4.78 is 22.0. The molecule has 0 saturated carbocycles. The van der Waals surface area contributed by atoms with E-state index in [1.54, 1.807) is 37.4 Å². The monoisotopic (exact) mass is 485 g/mol. The summed E-state index contributed by atoms with van der Waals surface area (Å²) >= 11 is 0. The maximum absolute atomic E-state index is 12.5. The van der Waals surface area contributed by atoms with Gasteiger partial charge < -0.3 is 18.9 Å². The lowest BCUT2D eigenvalue weighted by Gasteiger charge is -2.10. The van der Waals surface area contributed by atoms with Crippen LogP contribution in [0.1, 0.15) is 76.4 Å². The summed E-state index contributed by atoms with van der Waals surface area (Å²) in [4.78, 5) is 23.3. The van der Waals surface area contributed by atoms with Crippen molar-refractivity contribution in [3.05, 3.63) is 58.1 Å². The minimum absolute atomic E-state index is 0.0757. The molecule has 0 aromatic heterocycles. The highest BCUT2D eigenvalue weighted by Gasteiger charge is 2.49. The number of nitrogens with zero attached hydrogens (tertiary/aromatic N) is 1. The molecule has 0 amide bonds. The summed E-state index contributed by atoms with van der Waals surface area (Å²) in [6, 6.07) is 11.0. The van der Waals surface area contributed by atoms with Crippen molar-refractivity contribution in [3.63, 3.8) is 0 Å². The normalized spacial score (nSPS) is 16.5. The molecule has 190 valence electrons. The second kappa shape index (κ2) is 13.7. The smallest absolute Gasteiger partial charge is 0.343 e. The van der Waals surface area contributed by atoms with Crippen LogP contribution in [0.25, 0.3) is 0 Å². The highest BCUT2D eigenvalue weighted by Crippen LogP contribution is 2.45. The van der Waals surface area contributed by atoms with Crippen molar-refractivity contribution in [1.82, 2.24) is 0 Å². The molecule has 0 bridgehead atoms. The van der Waals surface area contributed by atoms with Crippen LogP contribution in [0.2, 0.25) is 0 Å². The fourth-order valence-electron chi connectivity index (χ4n) is 3.94. The Balaban J connectivity index is 1.50. The largest absolute Gasteiger partial charge is 0.497 e. The van der Waals surface area contributed by atoms with E-state index in [2.05, 4.69) is 6.92 Å². The molecule has 0 N–H and O–H groups in total. The van der Waals surface area contributed by atoms with Gasteiger partial charge in [0.1, 0.15) is 23.4 Å². The fourth-order valence-corrected chi connectivity index (χ4v) is 3.94. The number of hydrogen-bond acceptors (Lipinski definition) is 7. The van der Waals surface area contributed by atoms with Gasteiger partial charge in [0.15, 0.2) is 6.10 Å². The van der Waals surface area contributed by atoms with Gasteiger partial charge in [-0.15, -0.1) is 0 Å². The number of carbonyl (C=O) groups is 1. The Labute approximate surface area is 206 Å². The second-order valence-corrected chi connectivity index (χ2v) is 8.73. The van der Waals surface area contributed by atoms with Crippen LogP contribution >= 0.6 is 0 Å². The van der Waals surface area contributed by atoms with E-state index in [-0.39, 0.29) is 5.69 Å². The Bertz CT molecular complexity index is 961. The van der Waals surface area contributed by atoms with E-state index < -0.39 is 23.1 Å². The number of rotatable bonds is 16. The van der Waals surface area contributed by atoms with Crippen molar-refractivity contribution < 1.29 is 28.7 Å². The maximum atomic E-state index is 12.5. The first-order valence-electron chi connectivity index (χ1n) is 12.5. The van der Waals surface area contributed by atoms with Crippen LogP contribution in [-0.2, 0) is 9.53 Å². The van der Waals surface area contributed by atoms with Gasteiger partial charge in [-0.05, 0) is 36.8 Å². The summed E-state index contributed by atoms with van der Waals surface area (Å²) in [7, 11) is 1.55. The SMILES string of the molecule is CCCCCCCCCCCOc1ccc([N+](=O)[O-])cc1[C@H]1O[C@H]1C(=O)Oc1ccc(OC)cc1. The number of unbranched alkanes of at least 4 members (excludes halogenated alkanes) is 8. The lowest BCUT2D eigenvalue weighted by atomic mass is 10.1. The Morgan fingerprint density at radius 1 is 0.943 bits per heavy atom. The van der Waals surface area contributed by atoms with Crippen molar-refractivity contribution in [2.75, 3.05) is 13.7 Å². The van der Waals surface area contributed by atoms with Gasteiger partial charge in [0, 0.05) is 17.7 Å². The molecular weight excluding hydrogens is 450 g/mol. The summed E-state index contributed by atoms with van der Waals surface area (Å²) in [6.45, 7) is 2.73. The molecular formula is C27H35NO7. The van der Waals surface area contributed by atoms with E-state index in [4.69, 9.17) is 18.9 Å². The number of methoxy groups -OCH3 is 1. The molecule has 0 radical (unpaired) electrons. The molecule has 0 spiro atoms. The summed E-state index contributed by atoms with van der Waals surface area (Å²) in [5, 5.41) is 11.3. The molecule has 1 fully saturated rings. The molecule has 1 aliphatic rings. The fraction of sp³-hybridized carbons (Fsp3) is 0.519. The van der Waals surface area contributed by atoms with Crippen molar-refractivity contribution in [1.29, 1.82) is 0 Å². The second-order valence-electron chi connectivity index (χ2n) is 8.73. The van der Waals surface area contributed by atoms with Gasteiger partial charge in [0.25, 0.3) is 5.69 Å². The zero-order valence-electron chi connectivity index (χ0n) is 20.6. The molecule has 0 aliphatic carbocycles. The first kappa shape index (κ1) is 26.5. The van der Waals surface area contributed by atoms with Crippen LogP contribution in [0.4, 0.5) is 5.69 Å². The molecule has 8 heteroatoms. The van der Waals surface area contributed by atoms with E-state index in [0.717, 1.165) is 12.8 Å². The standard InChI is InChI=1S/C27H35NO7/c1-3-4-5-6-7-8-9-10-11-18-33-24-17-12-20(28(30)31)19-23(24)25-26(35-25)27(29)34-22-15-13-21(32-2)14-16-22/h12-17,19,25-26H,3-11,18H2,1-2H3/t25-,26-/m1/s1. The average molecular weight is 486 g/mol. The summed E-state index contributed by atoms with van der Waals surface area (Å²) in [5.74, 6) is 0.957. The van der Waals surface area contributed by atoms with Gasteiger partial charge in [0.2, 0.25) is 0 Å². The Morgan fingerprint density at radius 3 is 2.20 bits per heavy atom. The molecule has 0 unspecified atom stereocenters. The number of nitro benzene ring substituents is 1.